The van der Waals surface area contributed by atoms with Crippen LogP contribution in [0.2, 0.25) is 5.02 Å². The number of halogens is 2. The number of nitrogens with zero attached hydrogens (tertiary/aromatic N) is 2. The lowest BCUT2D eigenvalue weighted by Crippen LogP contribution is -2.05. The normalized spacial score (nSPS) is 10.4. The third-order valence-electron chi connectivity index (χ3n) is 3.40. The average Bonchev–Trinajstić information content (AvgIpc) is 2.62. The summed E-state index contributed by atoms with van der Waals surface area (Å²) in [5, 5.41) is 6.12. The molecule has 1 aromatic heterocycles. The van der Waals surface area contributed by atoms with E-state index in [0.717, 1.165) is 5.69 Å². The summed E-state index contributed by atoms with van der Waals surface area (Å²) in [7, 11) is 1.59. The molecule has 3 rings (SSSR count). The van der Waals surface area contributed by atoms with Gasteiger partial charge in [-0.1, -0.05) is 17.7 Å². The van der Waals surface area contributed by atoms with Gasteiger partial charge in [0, 0.05) is 17.4 Å². The van der Waals surface area contributed by atoms with E-state index < -0.39 is 5.82 Å². The first kappa shape index (κ1) is 16.8. The van der Waals surface area contributed by atoms with Crippen molar-refractivity contribution < 1.29 is 9.13 Å². The number of nitrogens with one attached hydrogen (secondary N) is 2. The van der Waals surface area contributed by atoms with Crippen LogP contribution in [0, 0.1) is 5.82 Å². The van der Waals surface area contributed by atoms with Crippen molar-refractivity contribution in [2.75, 3.05) is 23.5 Å². The quantitative estimate of drug-likeness (QED) is 0.628. The summed E-state index contributed by atoms with van der Waals surface area (Å²) >= 11 is 5.78. The van der Waals surface area contributed by atoms with Crippen molar-refractivity contribution in [3.05, 3.63) is 59.6 Å². The van der Waals surface area contributed by atoms with E-state index in [2.05, 4.69) is 20.6 Å². The Hall–Kier alpha value is -3.06. The molecule has 0 fully saturated rings. The molecule has 128 valence electrons. The third kappa shape index (κ3) is 3.89. The van der Waals surface area contributed by atoms with Gasteiger partial charge in [-0.15, -0.1) is 0 Å². The van der Waals surface area contributed by atoms with Gasteiger partial charge < -0.3 is 21.1 Å². The van der Waals surface area contributed by atoms with Gasteiger partial charge in [0.15, 0.2) is 11.6 Å². The summed E-state index contributed by atoms with van der Waals surface area (Å²) in [5.74, 6) is 1.02. The van der Waals surface area contributed by atoms with E-state index in [0.29, 0.717) is 28.8 Å². The summed E-state index contributed by atoms with van der Waals surface area (Å²) < 4.78 is 18.4. The van der Waals surface area contributed by atoms with Crippen LogP contribution in [0.5, 0.6) is 5.75 Å². The van der Waals surface area contributed by atoms with Crippen LogP contribution in [-0.2, 0) is 0 Å². The highest BCUT2D eigenvalue weighted by atomic mass is 35.5. The first-order valence-electron chi connectivity index (χ1n) is 7.30. The van der Waals surface area contributed by atoms with Crippen LogP contribution < -0.4 is 21.1 Å². The molecule has 0 aliphatic carbocycles. The van der Waals surface area contributed by atoms with Gasteiger partial charge in [0.2, 0.25) is 0 Å². The predicted octanol–water partition coefficient (Wildman–Crippen LogP) is 4.35. The minimum atomic E-state index is -0.497. The number of nitrogens with two attached hydrogens (primary N) is 1. The first-order chi connectivity index (χ1) is 12.1. The van der Waals surface area contributed by atoms with Crippen molar-refractivity contribution in [3.8, 4) is 5.75 Å². The zero-order chi connectivity index (χ0) is 17.8. The van der Waals surface area contributed by atoms with Gasteiger partial charge in [0.25, 0.3) is 0 Å². The predicted molar refractivity (Wildman–Crippen MR) is 97.4 cm³/mol. The Morgan fingerprint density at radius 3 is 2.36 bits per heavy atom. The molecule has 0 aliphatic heterocycles. The minimum Gasteiger partial charge on any atom is -0.497 e. The van der Waals surface area contributed by atoms with Gasteiger partial charge in [-0.2, -0.15) is 0 Å². The molecule has 3 aromatic rings. The molecule has 0 spiro atoms. The Morgan fingerprint density at radius 2 is 1.72 bits per heavy atom. The van der Waals surface area contributed by atoms with E-state index in [9.17, 15) is 4.39 Å². The van der Waals surface area contributed by atoms with Crippen molar-refractivity contribution in [2.24, 2.45) is 0 Å². The number of rotatable bonds is 5. The first-order valence-corrected chi connectivity index (χ1v) is 7.68. The Bertz CT molecular complexity index is 906. The van der Waals surface area contributed by atoms with Crippen LogP contribution in [0.15, 0.2) is 48.8 Å². The van der Waals surface area contributed by atoms with Crippen molar-refractivity contribution in [3.63, 3.8) is 0 Å². The molecule has 0 radical (unpaired) electrons. The van der Waals surface area contributed by atoms with Gasteiger partial charge in [0.05, 0.1) is 12.1 Å². The second kappa shape index (κ2) is 7.23. The molecule has 0 bridgehead atoms. The smallest absolute Gasteiger partial charge is 0.159 e. The average molecular weight is 360 g/mol. The molecule has 0 aliphatic rings. The fraction of sp³-hybridized carbons (Fsp3) is 0.0588. The van der Waals surface area contributed by atoms with Gasteiger partial charge in [-0.05, 0) is 30.3 Å². The van der Waals surface area contributed by atoms with E-state index >= 15 is 0 Å². The molecule has 4 N–H and O–H groups in total. The monoisotopic (exact) mass is 359 g/mol. The minimum absolute atomic E-state index is 0.00681. The van der Waals surface area contributed by atoms with E-state index in [-0.39, 0.29) is 5.02 Å². The van der Waals surface area contributed by atoms with E-state index in [4.69, 9.17) is 22.1 Å². The molecule has 0 atom stereocenters. The number of benzene rings is 2. The van der Waals surface area contributed by atoms with E-state index in [1.54, 1.807) is 7.11 Å². The van der Waals surface area contributed by atoms with E-state index in [1.807, 2.05) is 24.3 Å². The standard InChI is InChI=1S/C17H15ClFN5O/c1-25-12-4-2-3-10(7-12)23-16-15(20)17(22-9-21-16)24-11-5-6-14(19)13(18)8-11/h2-9H,20H2,1H3,(H2,21,22,23,24). The van der Waals surface area contributed by atoms with Crippen LogP contribution in [0.25, 0.3) is 0 Å². The highest BCUT2D eigenvalue weighted by molar-refractivity contribution is 6.31. The summed E-state index contributed by atoms with van der Waals surface area (Å²) in [4.78, 5) is 8.26. The van der Waals surface area contributed by atoms with E-state index in [1.165, 1.54) is 24.5 Å². The zero-order valence-corrected chi connectivity index (χ0v) is 14.0. The lowest BCUT2D eigenvalue weighted by atomic mass is 10.3. The molecule has 0 saturated carbocycles. The Balaban J connectivity index is 1.85. The maximum absolute atomic E-state index is 13.3. The van der Waals surface area contributed by atoms with Crippen LogP contribution >= 0.6 is 11.6 Å². The molecular formula is C17H15ClFN5O. The summed E-state index contributed by atoms with van der Waals surface area (Å²) in [5.41, 5.74) is 7.76. The van der Waals surface area contributed by atoms with Gasteiger partial charge >= 0.3 is 0 Å². The second-order valence-corrected chi connectivity index (χ2v) is 5.50. The summed E-state index contributed by atoms with van der Waals surface area (Å²) in [6.07, 6.45) is 1.37. The van der Waals surface area contributed by atoms with Crippen LogP contribution in [0.1, 0.15) is 0 Å². The van der Waals surface area contributed by atoms with Crippen LogP contribution in [0.4, 0.5) is 33.1 Å². The molecule has 6 nitrogen and oxygen atoms in total. The SMILES string of the molecule is COc1cccc(Nc2ncnc(Nc3ccc(F)c(Cl)c3)c2N)c1. The topological polar surface area (TPSA) is 85.1 Å². The fourth-order valence-electron chi connectivity index (χ4n) is 2.14. The number of ether oxygens (including phenoxy) is 1. The number of anilines is 5. The molecule has 2 aromatic carbocycles. The number of methoxy groups -OCH3 is 1. The molecule has 8 heteroatoms. The van der Waals surface area contributed by atoms with Crippen LogP contribution in [0.3, 0.4) is 0 Å². The number of nitrogen functional groups attached to an aromatic ring is 1. The maximum Gasteiger partial charge on any atom is 0.159 e. The lowest BCUT2D eigenvalue weighted by Gasteiger charge is -2.13. The Kier molecular flexibility index (Phi) is 4.85. The van der Waals surface area contributed by atoms with Crippen LogP contribution in [-0.4, -0.2) is 17.1 Å². The summed E-state index contributed by atoms with van der Waals surface area (Å²) in [6.45, 7) is 0. The third-order valence-corrected chi connectivity index (χ3v) is 3.69. The second-order valence-electron chi connectivity index (χ2n) is 5.10. The molecule has 25 heavy (non-hydrogen) atoms. The molecule has 0 saturated heterocycles. The van der Waals surface area contributed by atoms with Crippen molar-refractivity contribution in [1.82, 2.24) is 9.97 Å². The Labute approximate surface area is 148 Å². The van der Waals surface area contributed by atoms with Gasteiger partial charge in [-0.25, -0.2) is 14.4 Å². The number of hydrogen-bond acceptors (Lipinski definition) is 6. The maximum atomic E-state index is 13.3. The summed E-state index contributed by atoms with van der Waals surface area (Å²) in [6, 6.07) is 11.6. The van der Waals surface area contributed by atoms with Gasteiger partial charge in [-0.3, -0.25) is 0 Å². The Morgan fingerprint density at radius 1 is 1.04 bits per heavy atom. The molecular weight excluding hydrogens is 345 g/mol. The largest absolute Gasteiger partial charge is 0.497 e. The van der Waals surface area contributed by atoms with Crippen molar-refractivity contribution in [2.45, 2.75) is 0 Å². The zero-order valence-electron chi connectivity index (χ0n) is 13.3. The number of aromatic nitrogens is 2. The highest BCUT2D eigenvalue weighted by Gasteiger charge is 2.10. The molecule has 0 unspecified atom stereocenters. The van der Waals surface area contributed by atoms with Gasteiger partial charge in [0.1, 0.15) is 23.6 Å². The number of hydrogen-bond donors (Lipinski definition) is 3. The highest BCUT2D eigenvalue weighted by Crippen LogP contribution is 2.30. The molecule has 1 heterocycles. The molecule has 0 amide bonds. The fourth-order valence-corrected chi connectivity index (χ4v) is 2.32. The lowest BCUT2D eigenvalue weighted by molar-refractivity contribution is 0.415. The van der Waals surface area contributed by atoms with Crippen molar-refractivity contribution >= 4 is 40.3 Å². The van der Waals surface area contributed by atoms with Crippen molar-refractivity contribution in [1.29, 1.82) is 0 Å².